The van der Waals surface area contributed by atoms with E-state index in [9.17, 15) is 32.5 Å². The van der Waals surface area contributed by atoms with Crippen molar-refractivity contribution in [1.29, 1.82) is 0 Å². The Balaban J connectivity index is 1.69. The minimum Gasteiger partial charge on any atom is -0.334 e. The molecule has 1 saturated heterocycles. The fraction of sp³-hybridized carbons (Fsp3) is 0.348. The third kappa shape index (κ3) is 5.95. The van der Waals surface area contributed by atoms with Crippen molar-refractivity contribution < 1.29 is 27.3 Å². The molecule has 2 aromatic carbocycles. The maximum absolute atomic E-state index is 13.2. The first-order chi connectivity index (χ1) is 15.5. The summed E-state index contributed by atoms with van der Waals surface area (Å²) < 4.78 is 52.6. The second-order valence-corrected chi connectivity index (χ2v) is 8.11. The number of carbonyl (C=O) groups is 1. The van der Waals surface area contributed by atoms with Crippen LogP contribution in [0.3, 0.4) is 0 Å². The van der Waals surface area contributed by atoms with Crippen LogP contribution in [0.1, 0.15) is 30.5 Å². The summed E-state index contributed by atoms with van der Waals surface area (Å²) in [5.41, 5.74) is -1.41. The number of halogens is 4. The number of nitro benzene ring substituents is 1. The van der Waals surface area contributed by atoms with Crippen molar-refractivity contribution in [3.63, 3.8) is 0 Å². The summed E-state index contributed by atoms with van der Waals surface area (Å²) in [7, 11) is 0. The third-order valence-corrected chi connectivity index (χ3v) is 5.64. The fourth-order valence-corrected chi connectivity index (χ4v) is 3.86. The Morgan fingerprint density at radius 3 is 2.39 bits per heavy atom. The Labute approximate surface area is 188 Å². The lowest BCUT2D eigenvalue weighted by atomic mass is 10.1. The minimum atomic E-state index is -4.89. The van der Waals surface area contributed by atoms with Crippen molar-refractivity contribution >= 4 is 17.7 Å². The highest BCUT2D eigenvalue weighted by Crippen LogP contribution is 2.36. The second kappa shape index (κ2) is 9.70. The first-order valence-electron chi connectivity index (χ1n) is 10.3. The highest BCUT2D eigenvalue weighted by Gasteiger charge is 2.38. The fourth-order valence-electron chi connectivity index (χ4n) is 3.86. The molecule has 0 radical (unpaired) electrons. The lowest BCUT2D eigenvalue weighted by molar-refractivity contribution is -0.388. The zero-order valence-electron chi connectivity index (χ0n) is 18.1. The standard InChI is InChI=1S/C23H23F4N3O3/c1-15-13-29(16(2)12-28(15)14-18-3-7-19(24)8-4-18)22(31)10-6-17-5-9-21(30(32)33)20(11-17)23(25,26)27/h3-11,15-16H,12-14H2,1-2H3/b10-6+. The summed E-state index contributed by atoms with van der Waals surface area (Å²) in [6.45, 7) is 5.44. The quantitative estimate of drug-likeness (QED) is 0.273. The number of carbonyl (C=O) groups excluding carboxylic acids is 1. The molecule has 1 heterocycles. The Morgan fingerprint density at radius 2 is 1.79 bits per heavy atom. The van der Waals surface area contributed by atoms with Gasteiger partial charge in [-0.2, -0.15) is 13.2 Å². The summed E-state index contributed by atoms with van der Waals surface area (Å²) in [5.74, 6) is -0.666. The number of amides is 1. The van der Waals surface area contributed by atoms with Crippen molar-refractivity contribution in [2.45, 2.75) is 38.7 Å². The molecular formula is C23H23F4N3O3. The molecule has 2 aromatic rings. The maximum Gasteiger partial charge on any atom is 0.423 e. The normalized spacial score (nSPS) is 19.8. The van der Waals surface area contributed by atoms with Crippen LogP contribution in [0, 0.1) is 15.9 Å². The molecule has 6 nitrogen and oxygen atoms in total. The number of piperazine rings is 1. The molecule has 0 aliphatic carbocycles. The molecule has 1 amide bonds. The smallest absolute Gasteiger partial charge is 0.334 e. The van der Waals surface area contributed by atoms with E-state index in [1.165, 1.54) is 30.4 Å². The van der Waals surface area contributed by atoms with Gasteiger partial charge in [-0.1, -0.05) is 12.1 Å². The van der Waals surface area contributed by atoms with Gasteiger partial charge in [0.05, 0.1) is 4.92 Å². The van der Waals surface area contributed by atoms with Crippen molar-refractivity contribution in [1.82, 2.24) is 9.80 Å². The van der Waals surface area contributed by atoms with Crippen molar-refractivity contribution in [3.05, 3.63) is 81.2 Å². The Bertz CT molecular complexity index is 1050. The summed E-state index contributed by atoms with van der Waals surface area (Å²) in [6.07, 6.45) is -2.48. The van der Waals surface area contributed by atoms with E-state index < -0.39 is 22.4 Å². The summed E-state index contributed by atoms with van der Waals surface area (Å²) in [6, 6.07) is 8.71. The lowest BCUT2D eigenvalue weighted by Crippen LogP contribution is -2.57. The van der Waals surface area contributed by atoms with E-state index >= 15 is 0 Å². The average Bonchev–Trinajstić information content (AvgIpc) is 2.75. The number of hydrogen-bond donors (Lipinski definition) is 0. The van der Waals surface area contributed by atoms with E-state index in [1.54, 1.807) is 17.0 Å². The minimum absolute atomic E-state index is 0.0137. The molecule has 176 valence electrons. The highest BCUT2D eigenvalue weighted by atomic mass is 19.4. The number of nitrogens with zero attached hydrogens (tertiary/aromatic N) is 3. The number of rotatable bonds is 5. The van der Waals surface area contributed by atoms with E-state index in [2.05, 4.69) is 4.90 Å². The topological polar surface area (TPSA) is 66.7 Å². The zero-order chi connectivity index (χ0) is 24.3. The molecule has 1 aliphatic rings. The molecule has 1 aliphatic heterocycles. The molecule has 1 fully saturated rings. The monoisotopic (exact) mass is 465 g/mol. The van der Waals surface area contributed by atoms with Gasteiger partial charge in [-0.05, 0) is 55.3 Å². The van der Waals surface area contributed by atoms with Gasteiger partial charge in [0.2, 0.25) is 5.91 Å². The van der Waals surface area contributed by atoms with Gasteiger partial charge in [0.1, 0.15) is 11.4 Å². The van der Waals surface area contributed by atoms with Crippen LogP contribution in [0.5, 0.6) is 0 Å². The van der Waals surface area contributed by atoms with Crippen LogP contribution in [0.15, 0.2) is 48.5 Å². The zero-order valence-corrected chi connectivity index (χ0v) is 18.1. The van der Waals surface area contributed by atoms with Gasteiger partial charge in [-0.25, -0.2) is 4.39 Å². The van der Waals surface area contributed by atoms with Gasteiger partial charge in [0, 0.05) is 43.9 Å². The molecule has 3 rings (SSSR count). The van der Waals surface area contributed by atoms with Gasteiger partial charge >= 0.3 is 6.18 Å². The third-order valence-electron chi connectivity index (χ3n) is 5.64. The van der Waals surface area contributed by atoms with Crippen molar-refractivity contribution in [2.24, 2.45) is 0 Å². The van der Waals surface area contributed by atoms with Gasteiger partial charge in [-0.3, -0.25) is 19.8 Å². The second-order valence-electron chi connectivity index (χ2n) is 8.11. The van der Waals surface area contributed by atoms with Crippen LogP contribution in [-0.2, 0) is 17.5 Å². The number of nitro groups is 1. The summed E-state index contributed by atoms with van der Waals surface area (Å²) in [4.78, 5) is 26.3. The Hall–Kier alpha value is -3.27. The molecule has 2 atom stereocenters. The van der Waals surface area contributed by atoms with Crippen molar-refractivity contribution in [3.8, 4) is 0 Å². The molecule has 2 unspecified atom stereocenters. The molecule has 0 aromatic heterocycles. The van der Waals surface area contributed by atoms with Crippen LogP contribution in [0.4, 0.5) is 23.2 Å². The molecule has 33 heavy (non-hydrogen) atoms. The van der Waals surface area contributed by atoms with Crippen LogP contribution >= 0.6 is 0 Å². The Kier molecular flexibility index (Phi) is 7.16. The lowest BCUT2D eigenvalue weighted by Gasteiger charge is -2.44. The molecule has 10 heteroatoms. The number of hydrogen-bond acceptors (Lipinski definition) is 4. The molecule has 0 N–H and O–H groups in total. The Morgan fingerprint density at radius 1 is 1.12 bits per heavy atom. The van der Waals surface area contributed by atoms with E-state index in [0.717, 1.165) is 11.6 Å². The van der Waals surface area contributed by atoms with E-state index in [1.807, 2.05) is 13.8 Å². The SMILES string of the molecule is CC1CN(C(=O)/C=C/c2ccc([N+](=O)[O-])c(C(F)(F)F)c2)C(C)CN1Cc1ccc(F)cc1. The van der Waals surface area contributed by atoms with Gasteiger partial charge in [-0.15, -0.1) is 0 Å². The number of benzene rings is 2. The average molecular weight is 465 g/mol. The van der Waals surface area contributed by atoms with Crippen molar-refractivity contribution in [2.75, 3.05) is 13.1 Å². The molecule has 0 spiro atoms. The van der Waals surface area contributed by atoms with E-state index in [4.69, 9.17) is 0 Å². The van der Waals surface area contributed by atoms with E-state index in [0.29, 0.717) is 25.7 Å². The predicted octanol–water partition coefficient (Wildman–Crippen LogP) is 4.89. The molecular weight excluding hydrogens is 442 g/mol. The molecule has 0 saturated carbocycles. The largest absolute Gasteiger partial charge is 0.423 e. The van der Waals surface area contributed by atoms with Crippen LogP contribution < -0.4 is 0 Å². The predicted molar refractivity (Wildman–Crippen MR) is 115 cm³/mol. The van der Waals surface area contributed by atoms with Crippen LogP contribution in [-0.4, -0.2) is 45.8 Å². The first kappa shape index (κ1) is 24.4. The maximum atomic E-state index is 13.2. The summed E-state index contributed by atoms with van der Waals surface area (Å²) >= 11 is 0. The molecule has 0 bridgehead atoms. The van der Waals surface area contributed by atoms with Gasteiger partial charge in [0.25, 0.3) is 5.69 Å². The number of alkyl halides is 3. The highest BCUT2D eigenvalue weighted by molar-refractivity contribution is 5.92. The van der Waals surface area contributed by atoms with Gasteiger partial charge in [0.15, 0.2) is 0 Å². The van der Waals surface area contributed by atoms with E-state index in [-0.39, 0.29) is 29.4 Å². The van der Waals surface area contributed by atoms with Crippen LogP contribution in [0.25, 0.3) is 6.08 Å². The first-order valence-corrected chi connectivity index (χ1v) is 10.3. The van der Waals surface area contributed by atoms with Gasteiger partial charge < -0.3 is 4.90 Å². The summed E-state index contributed by atoms with van der Waals surface area (Å²) in [5, 5.41) is 10.9. The van der Waals surface area contributed by atoms with Crippen LogP contribution in [0.2, 0.25) is 0 Å².